The Morgan fingerprint density at radius 1 is 1.12 bits per heavy atom. The third kappa shape index (κ3) is 4.32. The Kier molecular flexibility index (Phi) is 5.58. The molecule has 3 rings (SSSR count). The molecule has 0 radical (unpaired) electrons. The van der Waals surface area contributed by atoms with Crippen LogP contribution in [-0.4, -0.2) is 26.7 Å². The van der Waals surface area contributed by atoms with E-state index in [1.807, 2.05) is 49.4 Å². The topological polar surface area (TPSA) is 70.9 Å². The maximum absolute atomic E-state index is 9.78. The summed E-state index contributed by atoms with van der Waals surface area (Å²) in [5, 5.41) is 13.7. The van der Waals surface area contributed by atoms with E-state index >= 15 is 0 Å². The maximum Gasteiger partial charge on any atom is 0.180 e. The van der Waals surface area contributed by atoms with E-state index in [1.165, 1.54) is 0 Å². The predicted molar refractivity (Wildman–Crippen MR) is 99.5 cm³/mol. The normalized spacial score (nSPS) is 12.0. The van der Waals surface area contributed by atoms with Crippen molar-refractivity contribution in [2.45, 2.75) is 19.4 Å². The van der Waals surface area contributed by atoms with Gasteiger partial charge >= 0.3 is 0 Å². The molecule has 2 heterocycles. The Labute approximate surface area is 151 Å². The first-order chi connectivity index (χ1) is 12.2. The van der Waals surface area contributed by atoms with Crippen molar-refractivity contribution < 1.29 is 5.11 Å². The van der Waals surface area contributed by atoms with Crippen LogP contribution in [0.1, 0.15) is 24.2 Å². The summed E-state index contributed by atoms with van der Waals surface area (Å²) in [6.07, 6.45) is 2.49. The Hall–Kier alpha value is -2.50. The van der Waals surface area contributed by atoms with E-state index < -0.39 is 0 Å². The summed E-state index contributed by atoms with van der Waals surface area (Å²) in [5.74, 6) is 1.21. The van der Waals surface area contributed by atoms with Crippen molar-refractivity contribution in [3.8, 4) is 11.5 Å². The standard InChI is InChI=1S/C19H19ClN4O/c1-2-15-11-18(24-19(22-15)16-8-3-4-9-21-16)23-17(12-25)13-6-5-7-14(20)10-13/h3-11,17,25H,2,12H2,1H3,(H,22,23,24)/t17-/m0/s1. The molecule has 6 heteroatoms. The van der Waals surface area contributed by atoms with Crippen LogP contribution in [0.2, 0.25) is 5.02 Å². The van der Waals surface area contributed by atoms with E-state index in [0.29, 0.717) is 22.4 Å². The molecule has 0 unspecified atom stereocenters. The summed E-state index contributed by atoms with van der Waals surface area (Å²) in [6, 6.07) is 14.6. The molecule has 0 fully saturated rings. The second-order valence-corrected chi connectivity index (χ2v) is 6.01. The number of aromatic nitrogens is 3. The van der Waals surface area contributed by atoms with Crippen LogP contribution in [-0.2, 0) is 6.42 Å². The molecule has 0 amide bonds. The van der Waals surface area contributed by atoms with Crippen molar-refractivity contribution in [1.82, 2.24) is 15.0 Å². The largest absolute Gasteiger partial charge is 0.394 e. The van der Waals surface area contributed by atoms with Crippen LogP contribution in [0.25, 0.3) is 11.5 Å². The van der Waals surface area contributed by atoms with E-state index in [-0.39, 0.29) is 12.6 Å². The number of nitrogens with one attached hydrogen (secondary N) is 1. The van der Waals surface area contributed by atoms with Crippen LogP contribution in [0.4, 0.5) is 5.82 Å². The maximum atomic E-state index is 9.78. The van der Waals surface area contributed by atoms with E-state index in [9.17, 15) is 5.11 Å². The fraction of sp³-hybridized carbons (Fsp3) is 0.211. The number of nitrogens with zero attached hydrogens (tertiary/aromatic N) is 3. The van der Waals surface area contributed by atoms with E-state index in [1.54, 1.807) is 12.3 Å². The zero-order valence-electron chi connectivity index (χ0n) is 13.9. The van der Waals surface area contributed by atoms with Crippen LogP contribution < -0.4 is 5.32 Å². The number of aliphatic hydroxyl groups is 1. The molecule has 1 aromatic carbocycles. The van der Waals surface area contributed by atoms with Crippen LogP contribution in [0.5, 0.6) is 0 Å². The van der Waals surface area contributed by atoms with Crippen LogP contribution >= 0.6 is 11.6 Å². The quantitative estimate of drug-likeness (QED) is 0.702. The lowest BCUT2D eigenvalue weighted by Gasteiger charge is -2.18. The fourth-order valence-electron chi connectivity index (χ4n) is 2.50. The lowest BCUT2D eigenvalue weighted by molar-refractivity contribution is 0.276. The lowest BCUT2D eigenvalue weighted by atomic mass is 10.1. The van der Waals surface area contributed by atoms with Crippen LogP contribution in [0.3, 0.4) is 0 Å². The smallest absolute Gasteiger partial charge is 0.180 e. The average Bonchev–Trinajstić information content (AvgIpc) is 2.66. The number of pyridine rings is 1. The second-order valence-electron chi connectivity index (χ2n) is 5.57. The van der Waals surface area contributed by atoms with Crippen molar-refractivity contribution in [2.24, 2.45) is 0 Å². The van der Waals surface area contributed by atoms with E-state index in [4.69, 9.17) is 11.6 Å². The van der Waals surface area contributed by atoms with Gasteiger partial charge in [-0.2, -0.15) is 0 Å². The number of aryl methyl sites for hydroxylation is 1. The van der Waals surface area contributed by atoms with E-state index in [0.717, 1.165) is 17.7 Å². The minimum absolute atomic E-state index is 0.0786. The van der Waals surface area contributed by atoms with Gasteiger partial charge in [0.05, 0.1) is 12.6 Å². The molecule has 3 aromatic rings. The summed E-state index contributed by atoms with van der Waals surface area (Å²) in [7, 11) is 0. The number of halogens is 1. The van der Waals surface area contributed by atoms with Crippen molar-refractivity contribution in [3.05, 3.63) is 71.0 Å². The highest BCUT2D eigenvalue weighted by Crippen LogP contribution is 2.23. The van der Waals surface area contributed by atoms with Gasteiger partial charge in [0, 0.05) is 23.0 Å². The zero-order valence-corrected chi connectivity index (χ0v) is 14.6. The van der Waals surface area contributed by atoms with Gasteiger partial charge in [-0.1, -0.05) is 36.7 Å². The van der Waals surface area contributed by atoms with Gasteiger partial charge in [0.2, 0.25) is 0 Å². The number of rotatable bonds is 6. The average molecular weight is 355 g/mol. The molecule has 2 aromatic heterocycles. The number of aliphatic hydroxyl groups excluding tert-OH is 1. The van der Waals surface area contributed by atoms with Crippen molar-refractivity contribution in [2.75, 3.05) is 11.9 Å². The van der Waals surface area contributed by atoms with Crippen LogP contribution in [0, 0.1) is 0 Å². The molecule has 5 nitrogen and oxygen atoms in total. The predicted octanol–water partition coefficient (Wildman–Crippen LogP) is 3.90. The van der Waals surface area contributed by atoms with Crippen molar-refractivity contribution in [1.29, 1.82) is 0 Å². The monoisotopic (exact) mass is 354 g/mol. The molecule has 0 saturated carbocycles. The molecule has 0 aliphatic carbocycles. The summed E-state index contributed by atoms with van der Waals surface area (Å²) >= 11 is 6.06. The lowest BCUT2D eigenvalue weighted by Crippen LogP contribution is -2.16. The minimum Gasteiger partial charge on any atom is -0.394 e. The van der Waals surface area contributed by atoms with E-state index in [2.05, 4.69) is 20.3 Å². The molecule has 0 aliphatic heterocycles. The van der Waals surface area contributed by atoms with Gasteiger partial charge in [-0.15, -0.1) is 0 Å². The molecular weight excluding hydrogens is 336 g/mol. The molecule has 25 heavy (non-hydrogen) atoms. The van der Waals surface area contributed by atoms with Crippen molar-refractivity contribution >= 4 is 17.4 Å². The molecule has 0 spiro atoms. The number of anilines is 1. The first-order valence-corrected chi connectivity index (χ1v) is 8.49. The summed E-state index contributed by atoms with van der Waals surface area (Å²) in [6.45, 7) is 1.96. The highest BCUT2D eigenvalue weighted by atomic mass is 35.5. The van der Waals surface area contributed by atoms with Crippen molar-refractivity contribution in [3.63, 3.8) is 0 Å². The second kappa shape index (κ2) is 8.05. The minimum atomic E-state index is -0.310. The molecule has 0 saturated heterocycles. The Balaban J connectivity index is 1.93. The van der Waals surface area contributed by atoms with Gasteiger partial charge in [0.15, 0.2) is 5.82 Å². The highest BCUT2D eigenvalue weighted by Gasteiger charge is 2.14. The zero-order chi connectivity index (χ0) is 17.6. The Morgan fingerprint density at radius 3 is 2.68 bits per heavy atom. The number of hydrogen-bond acceptors (Lipinski definition) is 5. The highest BCUT2D eigenvalue weighted by molar-refractivity contribution is 6.30. The molecule has 128 valence electrons. The number of benzene rings is 1. The van der Waals surface area contributed by atoms with Crippen LogP contribution in [0.15, 0.2) is 54.7 Å². The Morgan fingerprint density at radius 2 is 2.00 bits per heavy atom. The SMILES string of the molecule is CCc1cc(N[C@@H](CO)c2cccc(Cl)c2)nc(-c2ccccn2)n1. The molecule has 0 bridgehead atoms. The van der Waals surface area contributed by atoms with Gasteiger partial charge < -0.3 is 10.4 Å². The van der Waals surface area contributed by atoms with Gasteiger partial charge in [-0.05, 0) is 36.2 Å². The summed E-state index contributed by atoms with van der Waals surface area (Å²) in [5.41, 5.74) is 2.51. The molecular formula is C19H19ClN4O. The fourth-order valence-corrected chi connectivity index (χ4v) is 2.70. The first-order valence-electron chi connectivity index (χ1n) is 8.12. The Bertz CT molecular complexity index is 842. The van der Waals surface area contributed by atoms with Gasteiger partial charge in [0.1, 0.15) is 11.5 Å². The third-order valence-corrected chi connectivity index (χ3v) is 4.03. The summed E-state index contributed by atoms with van der Waals surface area (Å²) in [4.78, 5) is 13.4. The molecule has 0 aliphatic rings. The summed E-state index contributed by atoms with van der Waals surface area (Å²) < 4.78 is 0. The van der Waals surface area contributed by atoms with Gasteiger partial charge in [-0.25, -0.2) is 9.97 Å². The molecule has 2 N–H and O–H groups in total. The third-order valence-electron chi connectivity index (χ3n) is 3.79. The van der Waals surface area contributed by atoms with Gasteiger partial charge in [-0.3, -0.25) is 4.98 Å². The number of hydrogen-bond donors (Lipinski definition) is 2. The first kappa shape index (κ1) is 17.3. The van der Waals surface area contributed by atoms with Gasteiger partial charge in [0.25, 0.3) is 0 Å². The molecule has 1 atom stereocenters.